The van der Waals surface area contributed by atoms with Crippen LogP contribution in [-0.4, -0.2) is 19.0 Å². The molecule has 1 aliphatic carbocycles. The highest BCUT2D eigenvalue weighted by molar-refractivity contribution is 6.39. The molecular weight excluding hydrogens is 273 g/mol. The van der Waals surface area contributed by atoms with Gasteiger partial charge in [0, 0.05) is 24.7 Å². The molecule has 0 aliphatic heterocycles. The number of rotatable bonds is 5. The Kier molecular flexibility index (Phi) is 4.19. The van der Waals surface area contributed by atoms with Crippen LogP contribution in [0.3, 0.4) is 0 Å². The smallest absolute Gasteiger partial charge is 0.223 e. The lowest BCUT2D eigenvalue weighted by atomic mass is 10.3. The van der Waals surface area contributed by atoms with Crippen LogP contribution < -0.4 is 16.4 Å². The van der Waals surface area contributed by atoms with Crippen molar-refractivity contribution in [1.29, 1.82) is 0 Å². The van der Waals surface area contributed by atoms with Gasteiger partial charge in [0.2, 0.25) is 5.91 Å². The molecular formula is C12H15Cl2N3O. The summed E-state index contributed by atoms with van der Waals surface area (Å²) >= 11 is 12.0. The van der Waals surface area contributed by atoms with Gasteiger partial charge in [0.05, 0.1) is 15.7 Å². The highest BCUT2D eigenvalue weighted by Crippen LogP contribution is 2.32. The van der Waals surface area contributed by atoms with Crippen LogP contribution in [0.2, 0.25) is 10.0 Å². The highest BCUT2D eigenvalue weighted by atomic mass is 35.5. The summed E-state index contributed by atoms with van der Waals surface area (Å²) in [6, 6.07) is 3.27. The lowest BCUT2D eigenvalue weighted by molar-refractivity contribution is -0.122. The van der Waals surface area contributed by atoms with Gasteiger partial charge < -0.3 is 16.4 Å². The summed E-state index contributed by atoms with van der Waals surface area (Å²) in [5, 5.41) is 6.90. The van der Waals surface area contributed by atoms with Crippen LogP contribution in [0.5, 0.6) is 0 Å². The van der Waals surface area contributed by atoms with Crippen molar-refractivity contribution < 1.29 is 4.79 Å². The first kappa shape index (κ1) is 13.3. The van der Waals surface area contributed by atoms with E-state index in [0.29, 0.717) is 34.5 Å². The van der Waals surface area contributed by atoms with Crippen molar-refractivity contribution in [2.45, 2.75) is 12.8 Å². The number of carbonyl (C=O) groups is 1. The van der Waals surface area contributed by atoms with E-state index in [9.17, 15) is 4.79 Å². The van der Waals surface area contributed by atoms with Crippen molar-refractivity contribution in [3.05, 3.63) is 22.2 Å². The molecule has 1 fully saturated rings. The summed E-state index contributed by atoms with van der Waals surface area (Å²) in [4.78, 5) is 11.4. The van der Waals surface area contributed by atoms with Crippen molar-refractivity contribution in [3.63, 3.8) is 0 Å². The van der Waals surface area contributed by atoms with Crippen molar-refractivity contribution in [2.24, 2.45) is 5.92 Å². The number of anilines is 2. The number of hydrogen-bond acceptors (Lipinski definition) is 3. The van der Waals surface area contributed by atoms with Gasteiger partial charge >= 0.3 is 0 Å². The van der Waals surface area contributed by atoms with Crippen LogP contribution in [-0.2, 0) is 4.79 Å². The molecule has 98 valence electrons. The maximum absolute atomic E-state index is 11.4. The minimum atomic E-state index is 0.131. The molecule has 1 amide bonds. The third-order valence-corrected chi connectivity index (χ3v) is 3.33. The summed E-state index contributed by atoms with van der Waals surface area (Å²) in [6.07, 6.45) is 2.02. The van der Waals surface area contributed by atoms with Gasteiger partial charge in [-0.3, -0.25) is 4.79 Å². The molecule has 0 radical (unpaired) electrons. The Morgan fingerprint density at radius 3 is 2.44 bits per heavy atom. The molecule has 0 heterocycles. The van der Waals surface area contributed by atoms with Crippen molar-refractivity contribution in [1.82, 2.24) is 5.32 Å². The second-order valence-electron chi connectivity index (χ2n) is 4.35. The van der Waals surface area contributed by atoms with Crippen LogP contribution >= 0.6 is 23.2 Å². The van der Waals surface area contributed by atoms with E-state index >= 15 is 0 Å². The molecule has 1 aromatic rings. The molecule has 0 atom stereocenters. The molecule has 4 N–H and O–H groups in total. The van der Waals surface area contributed by atoms with E-state index in [4.69, 9.17) is 28.9 Å². The number of nitrogens with one attached hydrogen (secondary N) is 2. The van der Waals surface area contributed by atoms with Gasteiger partial charge in [-0.05, 0) is 25.0 Å². The molecule has 1 aromatic carbocycles. The fourth-order valence-corrected chi connectivity index (χ4v) is 2.26. The van der Waals surface area contributed by atoms with Crippen molar-refractivity contribution in [3.8, 4) is 0 Å². The Morgan fingerprint density at radius 2 is 1.89 bits per heavy atom. The van der Waals surface area contributed by atoms with E-state index in [1.165, 1.54) is 0 Å². The molecule has 0 unspecified atom stereocenters. The largest absolute Gasteiger partial charge is 0.399 e. The third-order valence-electron chi connectivity index (χ3n) is 2.74. The second kappa shape index (κ2) is 5.67. The standard InChI is InChI=1S/C12H15Cl2N3O/c13-9-5-8(15)6-10(14)11(9)16-3-4-17-12(18)7-1-2-7/h5-7,16H,1-4,15H2,(H,17,18). The van der Waals surface area contributed by atoms with Crippen molar-refractivity contribution >= 4 is 40.5 Å². The molecule has 4 nitrogen and oxygen atoms in total. The summed E-state index contributed by atoms with van der Waals surface area (Å²) < 4.78 is 0. The predicted octanol–water partition coefficient (Wildman–Crippen LogP) is 2.51. The first-order chi connectivity index (χ1) is 8.58. The summed E-state index contributed by atoms with van der Waals surface area (Å²) in [5.41, 5.74) is 6.78. The molecule has 0 aromatic heterocycles. The summed E-state index contributed by atoms with van der Waals surface area (Å²) in [5.74, 6) is 0.361. The zero-order chi connectivity index (χ0) is 13.1. The van der Waals surface area contributed by atoms with Crippen LogP contribution in [0.15, 0.2) is 12.1 Å². The maximum atomic E-state index is 11.4. The number of amides is 1. The summed E-state index contributed by atoms with van der Waals surface area (Å²) in [7, 11) is 0. The van der Waals surface area contributed by atoms with Gasteiger partial charge in [0.15, 0.2) is 0 Å². The second-order valence-corrected chi connectivity index (χ2v) is 5.17. The summed E-state index contributed by atoms with van der Waals surface area (Å²) in [6.45, 7) is 1.12. The first-order valence-electron chi connectivity index (χ1n) is 5.84. The number of carbonyl (C=O) groups excluding carboxylic acids is 1. The minimum absolute atomic E-state index is 0.131. The van der Waals surface area contributed by atoms with Gasteiger partial charge in [-0.15, -0.1) is 0 Å². The van der Waals surface area contributed by atoms with Crippen molar-refractivity contribution in [2.75, 3.05) is 24.1 Å². The third kappa shape index (κ3) is 3.43. The maximum Gasteiger partial charge on any atom is 0.223 e. The van der Waals surface area contributed by atoms with Gasteiger partial charge in [-0.2, -0.15) is 0 Å². The number of hydrogen-bond donors (Lipinski definition) is 3. The average molecular weight is 288 g/mol. The Labute approximate surface area is 116 Å². The zero-order valence-corrected chi connectivity index (χ0v) is 11.3. The van der Waals surface area contributed by atoms with Gasteiger partial charge in [0.25, 0.3) is 0 Å². The molecule has 0 bridgehead atoms. The SMILES string of the molecule is Nc1cc(Cl)c(NCCNC(=O)C2CC2)c(Cl)c1. The number of halogens is 2. The molecule has 1 saturated carbocycles. The van der Waals surface area contributed by atoms with Gasteiger partial charge in [-0.1, -0.05) is 23.2 Å². The monoisotopic (exact) mass is 287 g/mol. The molecule has 6 heteroatoms. The Bertz CT molecular complexity index is 438. The normalized spacial score (nSPS) is 14.3. The Hall–Kier alpha value is -1.13. The molecule has 0 saturated heterocycles. The Balaban J connectivity index is 1.80. The first-order valence-corrected chi connectivity index (χ1v) is 6.59. The van der Waals surface area contributed by atoms with E-state index < -0.39 is 0 Å². The van der Waals surface area contributed by atoms with Crippen LogP contribution in [0.4, 0.5) is 11.4 Å². The Morgan fingerprint density at radius 1 is 1.28 bits per heavy atom. The van der Waals surface area contributed by atoms with Crippen LogP contribution in [0, 0.1) is 5.92 Å². The van der Waals surface area contributed by atoms with E-state index in [1.54, 1.807) is 12.1 Å². The lowest BCUT2D eigenvalue weighted by Gasteiger charge is -2.11. The number of benzene rings is 1. The topological polar surface area (TPSA) is 67.2 Å². The molecule has 18 heavy (non-hydrogen) atoms. The van der Waals surface area contributed by atoms with E-state index in [2.05, 4.69) is 10.6 Å². The fourth-order valence-electron chi connectivity index (χ4n) is 1.62. The quantitative estimate of drug-likeness (QED) is 0.576. The average Bonchev–Trinajstić information content (AvgIpc) is 3.10. The van der Waals surface area contributed by atoms with Crippen LogP contribution in [0.25, 0.3) is 0 Å². The number of nitrogen functional groups attached to an aromatic ring is 1. The minimum Gasteiger partial charge on any atom is -0.399 e. The zero-order valence-electron chi connectivity index (χ0n) is 9.80. The lowest BCUT2D eigenvalue weighted by Crippen LogP contribution is -2.29. The predicted molar refractivity (Wildman–Crippen MR) is 75.1 cm³/mol. The van der Waals surface area contributed by atoms with E-state index in [-0.39, 0.29) is 11.8 Å². The molecule has 0 spiro atoms. The van der Waals surface area contributed by atoms with E-state index in [0.717, 1.165) is 12.8 Å². The van der Waals surface area contributed by atoms with Crippen LogP contribution in [0.1, 0.15) is 12.8 Å². The molecule has 1 aliphatic rings. The van der Waals surface area contributed by atoms with Gasteiger partial charge in [0.1, 0.15) is 0 Å². The highest BCUT2D eigenvalue weighted by Gasteiger charge is 2.28. The molecule has 2 rings (SSSR count). The number of nitrogens with two attached hydrogens (primary N) is 1. The van der Waals surface area contributed by atoms with Gasteiger partial charge in [-0.25, -0.2) is 0 Å². The van der Waals surface area contributed by atoms with E-state index in [1.807, 2.05) is 0 Å². The fraction of sp³-hybridized carbons (Fsp3) is 0.417.